The molecule has 0 atom stereocenters. The van der Waals surface area contributed by atoms with Gasteiger partial charge < -0.3 is 4.42 Å². The average Bonchev–Trinajstić information content (AvgIpc) is 3.05. The summed E-state index contributed by atoms with van der Waals surface area (Å²) in [4.78, 5) is 4.46. The van der Waals surface area contributed by atoms with Crippen molar-refractivity contribution in [1.82, 2.24) is 4.98 Å². The SMILES string of the molecule is Cc1cc2oc3c(c2cc1NS(=O)(=O)c1cccc2cccnc12)CCCC3. The number of fused-ring (bicyclic) bond motifs is 4. The lowest BCUT2D eigenvalue weighted by Gasteiger charge is -2.13. The third-order valence-electron chi connectivity index (χ3n) is 5.43. The van der Waals surface area contributed by atoms with E-state index in [-0.39, 0.29) is 4.90 Å². The smallest absolute Gasteiger partial charge is 0.264 e. The molecule has 5 nitrogen and oxygen atoms in total. The number of hydrogen-bond donors (Lipinski definition) is 1. The summed E-state index contributed by atoms with van der Waals surface area (Å²) in [7, 11) is -3.78. The Hall–Kier alpha value is -2.86. The van der Waals surface area contributed by atoms with Gasteiger partial charge in [0.25, 0.3) is 10.0 Å². The Balaban J connectivity index is 1.61. The molecule has 2 aromatic carbocycles. The predicted molar refractivity (Wildman–Crippen MR) is 110 cm³/mol. The largest absolute Gasteiger partial charge is 0.461 e. The minimum atomic E-state index is -3.78. The number of pyridine rings is 1. The van der Waals surface area contributed by atoms with E-state index in [1.54, 1.807) is 24.4 Å². The number of sulfonamides is 1. The molecule has 0 bridgehead atoms. The Bertz CT molecular complexity index is 1320. The fourth-order valence-electron chi connectivity index (χ4n) is 4.01. The number of nitrogens with one attached hydrogen (secondary N) is 1. The van der Waals surface area contributed by atoms with Crippen molar-refractivity contribution in [3.63, 3.8) is 0 Å². The van der Waals surface area contributed by atoms with Gasteiger partial charge in [0.05, 0.1) is 11.2 Å². The van der Waals surface area contributed by atoms with Gasteiger partial charge in [-0.2, -0.15) is 0 Å². The van der Waals surface area contributed by atoms with Gasteiger partial charge in [-0.15, -0.1) is 0 Å². The molecule has 0 amide bonds. The van der Waals surface area contributed by atoms with Crippen molar-refractivity contribution in [2.45, 2.75) is 37.5 Å². The van der Waals surface area contributed by atoms with Crippen molar-refractivity contribution in [3.05, 3.63) is 65.5 Å². The van der Waals surface area contributed by atoms with Gasteiger partial charge in [0.2, 0.25) is 0 Å². The molecule has 0 aliphatic heterocycles. The van der Waals surface area contributed by atoms with Crippen molar-refractivity contribution in [1.29, 1.82) is 0 Å². The molecule has 1 aliphatic rings. The highest BCUT2D eigenvalue weighted by atomic mass is 32.2. The molecule has 1 aliphatic carbocycles. The Morgan fingerprint density at radius 2 is 1.89 bits per heavy atom. The maximum atomic E-state index is 13.2. The first-order valence-electron chi connectivity index (χ1n) is 9.44. The van der Waals surface area contributed by atoms with Crippen LogP contribution >= 0.6 is 0 Å². The fourth-order valence-corrected chi connectivity index (χ4v) is 5.31. The van der Waals surface area contributed by atoms with Crippen molar-refractivity contribution in [2.24, 2.45) is 0 Å². The van der Waals surface area contributed by atoms with E-state index in [1.807, 2.05) is 31.2 Å². The lowest BCUT2D eigenvalue weighted by Crippen LogP contribution is -2.14. The maximum Gasteiger partial charge on any atom is 0.264 e. The monoisotopic (exact) mass is 392 g/mol. The fraction of sp³-hybridized carbons (Fsp3) is 0.227. The molecule has 0 fully saturated rings. The number of furan rings is 1. The molecule has 2 heterocycles. The molecule has 1 N–H and O–H groups in total. The standard InChI is InChI=1S/C22H20N2O3S/c1-14-12-20-17(16-8-2-3-9-19(16)27-20)13-18(14)24-28(25,26)21-10-4-6-15-7-5-11-23-22(15)21/h4-7,10-13,24H,2-3,8-9H2,1H3. The van der Waals surface area contributed by atoms with Crippen LogP contribution in [0.5, 0.6) is 0 Å². The number of para-hydroxylation sites is 1. The van der Waals surface area contributed by atoms with Crippen molar-refractivity contribution >= 4 is 37.6 Å². The van der Waals surface area contributed by atoms with E-state index in [0.717, 1.165) is 53.4 Å². The second-order valence-corrected chi connectivity index (χ2v) is 8.96. The van der Waals surface area contributed by atoms with Gasteiger partial charge in [0.15, 0.2) is 0 Å². The van der Waals surface area contributed by atoms with E-state index >= 15 is 0 Å². The van der Waals surface area contributed by atoms with E-state index in [1.165, 1.54) is 5.56 Å². The zero-order valence-corrected chi connectivity index (χ0v) is 16.3. The highest BCUT2D eigenvalue weighted by molar-refractivity contribution is 7.93. The minimum absolute atomic E-state index is 0.180. The molecule has 5 rings (SSSR count). The summed E-state index contributed by atoms with van der Waals surface area (Å²) in [6, 6.07) is 12.7. The summed E-state index contributed by atoms with van der Waals surface area (Å²) < 4.78 is 35.1. The first-order chi connectivity index (χ1) is 13.5. The Labute approximate surface area is 163 Å². The molecular weight excluding hydrogens is 372 g/mol. The number of aryl methyl sites for hydroxylation is 3. The zero-order chi connectivity index (χ0) is 19.3. The van der Waals surface area contributed by atoms with Gasteiger partial charge >= 0.3 is 0 Å². The third-order valence-corrected chi connectivity index (χ3v) is 6.83. The predicted octanol–water partition coefficient (Wildman–Crippen LogP) is 4.97. The zero-order valence-electron chi connectivity index (χ0n) is 15.5. The Morgan fingerprint density at radius 3 is 2.79 bits per heavy atom. The lowest BCUT2D eigenvalue weighted by atomic mass is 9.95. The first kappa shape index (κ1) is 17.3. The topological polar surface area (TPSA) is 72.2 Å². The summed E-state index contributed by atoms with van der Waals surface area (Å²) in [5.74, 6) is 1.04. The van der Waals surface area contributed by atoms with Crippen molar-refractivity contribution in [3.8, 4) is 0 Å². The molecule has 0 unspecified atom stereocenters. The number of anilines is 1. The number of rotatable bonds is 3. The summed E-state index contributed by atoms with van der Waals surface area (Å²) >= 11 is 0. The van der Waals surface area contributed by atoms with Gasteiger partial charge in [0, 0.05) is 29.0 Å². The molecule has 142 valence electrons. The van der Waals surface area contributed by atoms with Crippen LogP contribution in [0.15, 0.2) is 58.0 Å². The first-order valence-corrected chi connectivity index (χ1v) is 10.9. The molecule has 2 aromatic heterocycles. The van der Waals surface area contributed by atoms with Crippen LogP contribution in [0.25, 0.3) is 21.9 Å². The number of nitrogens with zero attached hydrogens (tertiary/aromatic N) is 1. The summed E-state index contributed by atoms with van der Waals surface area (Å²) in [5, 5.41) is 1.80. The molecular formula is C22H20N2O3S. The minimum Gasteiger partial charge on any atom is -0.461 e. The van der Waals surface area contributed by atoms with Gasteiger partial charge in [0.1, 0.15) is 16.2 Å². The van der Waals surface area contributed by atoms with E-state index in [4.69, 9.17) is 4.42 Å². The summed E-state index contributed by atoms with van der Waals surface area (Å²) in [6.45, 7) is 1.89. The van der Waals surface area contributed by atoms with Crippen LogP contribution in [0.2, 0.25) is 0 Å². The number of benzene rings is 2. The van der Waals surface area contributed by atoms with E-state index in [9.17, 15) is 8.42 Å². The molecule has 0 radical (unpaired) electrons. The molecule has 0 saturated heterocycles. The van der Waals surface area contributed by atoms with Gasteiger partial charge in [-0.25, -0.2) is 8.42 Å². The second kappa shape index (κ2) is 6.34. The summed E-state index contributed by atoms with van der Waals surface area (Å²) in [6.07, 6.45) is 5.81. The van der Waals surface area contributed by atoms with Crippen molar-refractivity contribution < 1.29 is 12.8 Å². The number of hydrogen-bond acceptors (Lipinski definition) is 4. The average molecular weight is 392 g/mol. The molecule has 0 spiro atoms. The summed E-state index contributed by atoms with van der Waals surface area (Å²) in [5.41, 5.74) is 3.93. The van der Waals surface area contributed by atoms with E-state index < -0.39 is 10.0 Å². The molecule has 0 saturated carbocycles. The molecule has 6 heteroatoms. The maximum absolute atomic E-state index is 13.2. The van der Waals surface area contributed by atoms with Crippen LogP contribution in [0.1, 0.15) is 29.7 Å². The normalized spacial score (nSPS) is 14.3. The highest BCUT2D eigenvalue weighted by Crippen LogP contribution is 2.35. The van der Waals surface area contributed by atoms with Crippen molar-refractivity contribution in [2.75, 3.05) is 4.72 Å². The van der Waals surface area contributed by atoms with Crippen LogP contribution in [0, 0.1) is 6.92 Å². The van der Waals surface area contributed by atoms with Crippen LogP contribution < -0.4 is 4.72 Å². The molecule has 28 heavy (non-hydrogen) atoms. The van der Waals surface area contributed by atoms with Gasteiger partial charge in [-0.3, -0.25) is 9.71 Å². The van der Waals surface area contributed by atoms with Crippen LogP contribution in [-0.2, 0) is 22.9 Å². The second-order valence-electron chi connectivity index (χ2n) is 7.31. The van der Waals surface area contributed by atoms with Crippen LogP contribution in [0.4, 0.5) is 5.69 Å². The number of aromatic nitrogens is 1. The van der Waals surface area contributed by atoms with Crippen LogP contribution in [0.3, 0.4) is 0 Å². The lowest BCUT2D eigenvalue weighted by molar-refractivity contribution is 0.506. The Kier molecular flexibility index (Phi) is 3.91. The molecule has 4 aromatic rings. The van der Waals surface area contributed by atoms with Gasteiger partial charge in [-0.05, 0) is 56.0 Å². The quantitative estimate of drug-likeness (QED) is 0.534. The van der Waals surface area contributed by atoms with Crippen LogP contribution in [-0.4, -0.2) is 13.4 Å². The third kappa shape index (κ3) is 2.76. The van der Waals surface area contributed by atoms with E-state index in [0.29, 0.717) is 11.2 Å². The van der Waals surface area contributed by atoms with E-state index in [2.05, 4.69) is 9.71 Å². The Morgan fingerprint density at radius 1 is 1.07 bits per heavy atom. The highest BCUT2D eigenvalue weighted by Gasteiger charge is 2.22. The van der Waals surface area contributed by atoms with Gasteiger partial charge in [-0.1, -0.05) is 18.2 Å².